The predicted octanol–water partition coefficient (Wildman–Crippen LogP) is 6.51. The zero-order chi connectivity index (χ0) is 22.6. The van der Waals surface area contributed by atoms with Gasteiger partial charge >= 0.3 is 0 Å². The number of amides is 1. The van der Waals surface area contributed by atoms with Gasteiger partial charge in [0.05, 0.1) is 24.7 Å². The average Bonchev–Trinajstić information content (AvgIpc) is 3.19. The zero-order valence-electron chi connectivity index (χ0n) is 19.6. The SMILES string of the molecule is CCCCCCCCCCCn1c(CNC(=O)c2ccc(OC)cc2)nc2ccccc21. The van der Waals surface area contributed by atoms with Crippen LogP contribution in [0.1, 0.15) is 80.9 Å². The van der Waals surface area contributed by atoms with Gasteiger partial charge in [0.2, 0.25) is 0 Å². The summed E-state index contributed by atoms with van der Waals surface area (Å²) in [5.74, 6) is 1.55. The van der Waals surface area contributed by atoms with Gasteiger partial charge in [-0.1, -0.05) is 70.4 Å². The van der Waals surface area contributed by atoms with Crippen LogP contribution in [0.5, 0.6) is 5.75 Å². The number of hydrogen-bond acceptors (Lipinski definition) is 3. The van der Waals surface area contributed by atoms with E-state index in [1.54, 1.807) is 31.4 Å². The minimum atomic E-state index is -0.102. The van der Waals surface area contributed by atoms with Crippen molar-refractivity contribution in [1.82, 2.24) is 14.9 Å². The quantitative estimate of drug-likeness (QED) is 0.294. The molecule has 0 fully saturated rings. The molecule has 1 aromatic heterocycles. The molecule has 32 heavy (non-hydrogen) atoms. The Morgan fingerprint density at radius 2 is 1.56 bits per heavy atom. The number of aryl methyl sites for hydroxylation is 1. The van der Waals surface area contributed by atoms with Crippen molar-refractivity contribution >= 4 is 16.9 Å². The largest absolute Gasteiger partial charge is 0.497 e. The minimum Gasteiger partial charge on any atom is -0.497 e. The first-order valence-corrected chi connectivity index (χ1v) is 12.1. The highest BCUT2D eigenvalue weighted by Crippen LogP contribution is 2.18. The number of para-hydroxylation sites is 2. The molecule has 0 atom stereocenters. The molecule has 0 spiro atoms. The Bertz CT molecular complexity index is 963. The number of methoxy groups -OCH3 is 1. The van der Waals surface area contributed by atoms with Crippen LogP contribution in [0.25, 0.3) is 11.0 Å². The van der Waals surface area contributed by atoms with Crippen LogP contribution in [-0.4, -0.2) is 22.6 Å². The van der Waals surface area contributed by atoms with Crippen LogP contribution in [0.4, 0.5) is 0 Å². The van der Waals surface area contributed by atoms with Gasteiger partial charge in [-0.15, -0.1) is 0 Å². The second-order valence-corrected chi connectivity index (χ2v) is 8.41. The standard InChI is InChI=1S/C27H37N3O2/c1-3-4-5-6-7-8-9-10-13-20-30-25-15-12-11-14-24(25)29-26(30)21-28-27(31)22-16-18-23(32-2)19-17-22/h11-12,14-19H,3-10,13,20-21H2,1-2H3,(H,28,31). The summed E-state index contributed by atoms with van der Waals surface area (Å²) in [7, 11) is 1.62. The van der Waals surface area contributed by atoms with Gasteiger partial charge in [0.25, 0.3) is 5.91 Å². The van der Waals surface area contributed by atoms with Crippen LogP contribution >= 0.6 is 0 Å². The Balaban J connectivity index is 1.53. The van der Waals surface area contributed by atoms with Gasteiger partial charge in [-0.2, -0.15) is 0 Å². The van der Waals surface area contributed by atoms with Crippen molar-refractivity contribution in [3.8, 4) is 5.75 Å². The minimum absolute atomic E-state index is 0.102. The third-order valence-electron chi connectivity index (χ3n) is 5.98. The molecule has 3 aromatic rings. The van der Waals surface area contributed by atoms with Crippen molar-refractivity contribution in [3.05, 3.63) is 59.9 Å². The predicted molar refractivity (Wildman–Crippen MR) is 131 cm³/mol. The zero-order valence-corrected chi connectivity index (χ0v) is 19.6. The van der Waals surface area contributed by atoms with E-state index in [9.17, 15) is 4.79 Å². The number of carbonyl (C=O) groups is 1. The number of nitrogens with zero attached hydrogens (tertiary/aromatic N) is 2. The molecule has 5 nitrogen and oxygen atoms in total. The highest BCUT2D eigenvalue weighted by molar-refractivity contribution is 5.94. The summed E-state index contributed by atoms with van der Waals surface area (Å²) in [6, 6.07) is 15.4. The van der Waals surface area contributed by atoms with Crippen molar-refractivity contribution in [2.75, 3.05) is 7.11 Å². The summed E-state index contributed by atoms with van der Waals surface area (Å²) in [6.45, 7) is 3.61. The summed E-state index contributed by atoms with van der Waals surface area (Å²) in [5.41, 5.74) is 2.74. The van der Waals surface area contributed by atoms with E-state index in [-0.39, 0.29) is 5.91 Å². The normalized spacial score (nSPS) is 11.1. The van der Waals surface area contributed by atoms with Gasteiger partial charge in [0.15, 0.2) is 0 Å². The molecule has 0 aliphatic carbocycles. The first kappa shape index (κ1) is 23.8. The van der Waals surface area contributed by atoms with Crippen molar-refractivity contribution in [3.63, 3.8) is 0 Å². The lowest BCUT2D eigenvalue weighted by atomic mass is 10.1. The maximum atomic E-state index is 12.6. The van der Waals surface area contributed by atoms with E-state index in [0.717, 1.165) is 35.6 Å². The van der Waals surface area contributed by atoms with Crippen molar-refractivity contribution in [2.45, 2.75) is 77.8 Å². The van der Waals surface area contributed by atoms with Crippen LogP contribution in [0.3, 0.4) is 0 Å². The third kappa shape index (κ3) is 6.84. The number of fused-ring (bicyclic) bond motifs is 1. The average molecular weight is 436 g/mol. The summed E-state index contributed by atoms with van der Waals surface area (Å²) in [6.07, 6.45) is 11.8. The molecular formula is C27H37N3O2. The number of nitrogens with one attached hydrogen (secondary N) is 1. The lowest BCUT2D eigenvalue weighted by Gasteiger charge is -2.11. The fraction of sp³-hybridized carbons (Fsp3) is 0.481. The maximum absolute atomic E-state index is 12.6. The van der Waals surface area contributed by atoms with Crippen LogP contribution in [0, 0.1) is 0 Å². The Kier molecular flexibility index (Phi) is 9.60. The van der Waals surface area contributed by atoms with Gasteiger partial charge < -0.3 is 14.6 Å². The maximum Gasteiger partial charge on any atom is 0.251 e. The van der Waals surface area contributed by atoms with Gasteiger partial charge in [0, 0.05) is 12.1 Å². The molecule has 0 unspecified atom stereocenters. The Morgan fingerprint density at radius 3 is 2.25 bits per heavy atom. The van der Waals surface area contributed by atoms with E-state index in [1.807, 2.05) is 12.1 Å². The molecule has 0 aliphatic heterocycles. The fourth-order valence-electron chi connectivity index (χ4n) is 4.09. The van der Waals surface area contributed by atoms with E-state index in [4.69, 9.17) is 9.72 Å². The summed E-state index contributed by atoms with van der Waals surface area (Å²) in [5, 5.41) is 3.03. The molecule has 0 bridgehead atoms. The molecule has 1 heterocycles. The molecule has 1 amide bonds. The number of benzene rings is 2. The molecule has 1 N–H and O–H groups in total. The molecular weight excluding hydrogens is 398 g/mol. The number of hydrogen-bond donors (Lipinski definition) is 1. The number of aromatic nitrogens is 2. The third-order valence-corrected chi connectivity index (χ3v) is 5.98. The second-order valence-electron chi connectivity index (χ2n) is 8.41. The van der Waals surface area contributed by atoms with Crippen molar-refractivity contribution < 1.29 is 9.53 Å². The fourth-order valence-corrected chi connectivity index (χ4v) is 4.09. The molecule has 172 valence electrons. The second kappa shape index (κ2) is 12.9. The Hall–Kier alpha value is -2.82. The smallest absolute Gasteiger partial charge is 0.251 e. The summed E-state index contributed by atoms with van der Waals surface area (Å²) >= 11 is 0. The molecule has 5 heteroatoms. The first-order chi connectivity index (χ1) is 15.7. The highest BCUT2D eigenvalue weighted by Gasteiger charge is 2.12. The summed E-state index contributed by atoms with van der Waals surface area (Å²) < 4.78 is 7.44. The Morgan fingerprint density at radius 1 is 0.906 bits per heavy atom. The van der Waals surface area contributed by atoms with Crippen LogP contribution < -0.4 is 10.1 Å². The summed E-state index contributed by atoms with van der Waals surface area (Å²) in [4.78, 5) is 17.4. The van der Waals surface area contributed by atoms with Gasteiger partial charge in [-0.25, -0.2) is 4.98 Å². The van der Waals surface area contributed by atoms with Crippen molar-refractivity contribution in [2.24, 2.45) is 0 Å². The molecule has 0 aliphatic rings. The van der Waals surface area contributed by atoms with Crippen LogP contribution in [0.15, 0.2) is 48.5 Å². The number of imidazole rings is 1. The molecule has 2 aromatic carbocycles. The van der Waals surface area contributed by atoms with Gasteiger partial charge in [-0.3, -0.25) is 4.79 Å². The molecule has 3 rings (SSSR count). The van der Waals surface area contributed by atoms with Crippen molar-refractivity contribution in [1.29, 1.82) is 0 Å². The molecule has 0 radical (unpaired) electrons. The lowest BCUT2D eigenvalue weighted by Crippen LogP contribution is -2.24. The van der Waals surface area contributed by atoms with E-state index in [0.29, 0.717) is 12.1 Å². The van der Waals surface area contributed by atoms with E-state index >= 15 is 0 Å². The number of rotatable bonds is 14. The molecule has 0 saturated carbocycles. The first-order valence-electron chi connectivity index (χ1n) is 12.1. The number of unbranched alkanes of at least 4 members (excludes halogenated alkanes) is 8. The van der Waals surface area contributed by atoms with Gasteiger partial charge in [0.1, 0.15) is 11.6 Å². The van der Waals surface area contributed by atoms with E-state index in [2.05, 4.69) is 28.9 Å². The van der Waals surface area contributed by atoms with E-state index in [1.165, 1.54) is 51.4 Å². The van der Waals surface area contributed by atoms with Gasteiger partial charge in [-0.05, 0) is 42.8 Å². The number of carbonyl (C=O) groups excluding carboxylic acids is 1. The van der Waals surface area contributed by atoms with Crippen LogP contribution in [-0.2, 0) is 13.1 Å². The monoisotopic (exact) mass is 435 g/mol. The lowest BCUT2D eigenvalue weighted by molar-refractivity contribution is 0.0949. The number of ether oxygens (including phenoxy) is 1. The topological polar surface area (TPSA) is 56.2 Å². The van der Waals surface area contributed by atoms with Crippen LogP contribution in [0.2, 0.25) is 0 Å². The van der Waals surface area contributed by atoms with E-state index < -0.39 is 0 Å². The molecule has 0 saturated heterocycles. The highest BCUT2D eigenvalue weighted by atomic mass is 16.5. The Labute approximate surface area is 192 Å².